The maximum atomic E-state index is 3.70. The highest BCUT2D eigenvalue weighted by Crippen LogP contribution is 2.30. The molecular formula is C15H23N. The molecule has 0 aliphatic heterocycles. The molecule has 1 aliphatic rings. The van der Waals surface area contributed by atoms with Crippen molar-refractivity contribution in [2.24, 2.45) is 5.92 Å². The summed E-state index contributed by atoms with van der Waals surface area (Å²) in [6, 6.07) is 11.8. The van der Waals surface area contributed by atoms with Crippen molar-refractivity contribution in [1.82, 2.24) is 5.32 Å². The molecule has 1 N–H and O–H groups in total. The molecule has 1 fully saturated rings. The van der Waals surface area contributed by atoms with Gasteiger partial charge in [0.25, 0.3) is 0 Å². The monoisotopic (exact) mass is 217 g/mol. The fourth-order valence-electron chi connectivity index (χ4n) is 2.56. The lowest BCUT2D eigenvalue weighted by molar-refractivity contribution is 0.259. The number of benzene rings is 1. The van der Waals surface area contributed by atoms with Crippen molar-refractivity contribution in [3.05, 3.63) is 35.9 Å². The molecule has 2 rings (SSSR count). The summed E-state index contributed by atoms with van der Waals surface area (Å²) in [6.45, 7) is 4.57. The van der Waals surface area contributed by atoms with Gasteiger partial charge in [-0.1, -0.05) is 49.6 Å². The van der Waals surface area contributed by atoms with Crippen LogP contribution in [-0.4, -0.2) is 6.04 Å². The van der Waals surface area contributed by atoms with Gasteiger partial charge in [0.1, 0.15) is 0 Å². The first kappa shape index (κ1) is 11.7. The first-order valence-electron chi connectivity index (χ1n) is 6.56. The summed E-state index contributed by atoms with van der Waals surface area (Å²) < 4.78 is 0. The summed E-state index contributed by atoms with van der Waals surface area (Å²) in [5.74, 6) is 0.991. The minimum Gasteiger partial charge on any atom is -0.308 e. The van der Waals surface area contributed by atoms with Crippen molar-refractivity contribution in [3.63, 3.8) is 0 Å². The molecular weight excluding hydrogens is 194 g/mol. The van der Waals surface area contributed by atoms with Crippen molar-refractivity contribution in [2.45, 2.75) is 51.6 Å². The van der Waals surface area contributed by atoms with Gasteiger partial charge in [-0.3, -0.25) is 0 Å². The zero-order chi connectivity index (χ0) is 11.4. The van der Waals surface area contributed by atoms with Gasteiger partial charge in [-0.25, -0.2) is 0 Å². The first-order chi connectivity index (χ1) is 7.75. The van der Waals surface area contributed by atoms with Crippen molar-refractivity contribution >= 4 is 0 Å². The summed E-state index contributed by atoms with van der Waals surface area (Å²) in [5.41, 5.74) is 1.39. The van der Waals surface area contributed by atoms with E-state index in [-0.39, 0.29) is 0 Å². The molecule has 0 amide bonds. The molecule has 2 atom stereocenters. The largest absolute Gasteiger partial charge is 0.308 e. The van der Waals surface area contributed by atoms with Crippen LogP contribution in [0.2, 0.25) is 0 Å². The summed E-state index contributed by atoms with van der Waals surface area (Å²) in [6.07, 6.45) is 5.69. The Hall–Kier alpha value is -0.820. The number of nitrogens with one attached hydrogen (secondary N) is 1. The third-order valence-corrected chi connectivity index (χ3v) is 3.75. The molecule has 0 aromatic heterocycles. The van der Waals surface area contributed by atoms with Gasteiger partial charge in [-0.15, -0.1) is 0 Å². The minimum atomic E-state index is 0.469. The van der Waals surface area contributed by atoms with E-state index < -0.39 is 0 Å². The van der Waals surface area contributed by atoms with E-state index in [9.17, 15) is 0 Å². The zero-order valence-electron chi connectivity index (χ0n) is 10.4. The second-order valence-corrected chi connectivity index (χ2v) is 5.23. The molecule has 1 saturated carbocycles. The molecule has 88 valence electrons. The fraction of sp³-hybridized carbons (Fsp3) is 0.600. The summed E-state index contributed by atoms with van der Waals surface area (Å²) in [5, 5.41) is 3.70. The highest BCUT2D eigenvalue weighted by molar-refractivity contribution is 5.18. The van der Waals surface area contributed by atoms with E-state index >= 15 is 0 Å². The van der Waals surface area contributed by atoms with E-state index in [0.717, 1.165) is 5.92 Å². The SMILES string of the molecule is CC(CC1CCC1)N[C@H](C)c1ccccc1. The predicted octanol–water partition coefficient (Wildman–Crippen LogP) is 3.92. The van der Waals surface area contributed by atoms with Gasteiger partial charge in [0.15, 0.2) is 0 Å². The van der Waals surface area contributed by atoms with E-state index in [1.165, 1.54) is 31.2 Å². The Bertz CT molecular complexity index is 302. The van der Waals surface area contributed by atoms with E-state index in [0.29, 0.717) is 12.1 Å². The van der Waals surface area contributed by atoms with Crippen LogP contribution in [0.15, 0.2) is 30.3 Å². The van der Waals surface area contributed by atoms with Crippen LogP contribution in [0, 0.1) is 5.92 Å². The Morgan fingerprint density at radius 3 is 2.44 bits per heavy atom. The van der Waals surface area contributed by atoms with Gasteiger partial charge in [-0.2, -0.15) is 0 Å². The van der Waals surface area contributed by atoms with E-state index in [2.05, 4.69) is 49.5 Å². The topological polar surface area (TPSA) is 12.0 Å². The van der Waals surface area contributed by atoms with E-state index in [4.69, 9.17) is 0 Å². The Balaban J connectivity index is 1.79. The molecule has 0 bridgehead atoms. The van der Waals surface area contributed by atoms with Crippen LogP contribution in [0.3, 0.4) is 0 Å². The molecule has 1 heteroatoms. The highest BCUT2D eigenvalue weighted by Gasteiger charge is 2.20. The molecule has 1 aromatic rings. The number of rotatable bonds is 5. The summed E-state index contributed by atoms with van der Waals surface area (Å²) in [7, 11) is 0. The molecule has 0 saturated heterocycles. The standard InChI is InChI=1S/C15H23N/c1-12(11-14-7-6-8-14)16-13(2)15-9-4-3-5-10-15/h3-5,9-10,12-14,16H,6-8,11H2,1-2H3/t12?,13-/m1/s1. The second-order valence-electron chi connectivity index (χ2n) is 5.23. The maximum absolute atomic E-state index is 3.70. The highest BCUT2D eigenvalue weighted by atomic mass is 14.9. The van der Waals surface area contributed by atoms with Crippen molar-refractivity contribution in [1.29, 1.82) is 0 Å². The average molecular weight is 217 g/mol. The number of hydrogen-bond acceptors (Lipinski definition) is 1. The molecule has 1 unspecified atom stereocenters. The van der Waals surface area contributed by atoms with Crippen LogP contribution >= 0.6 is 0 Å². The van der Waals surface area contributed by atoms with Crippen molar-refractivity contribution in [2.75, 3.05) is 0 Å². The summed E-state index contributed by atoms with van der Waals surface area (Å²) in [4.78, 5) is 0. The molecule has 1 aliphatic carbocycles. The van der Waals surface area contributed by atoms with Gasteiger partial charge >= 0.3 is 0 Å². The molecule has 0 heterocycles. The normalized spacial score (nSPS) is 20.1. The van der Waals surface area contributed by atoms with Crippen LogP contribution in [0.4, 0.5) is 0 Å². The Morgan fingerprint density at radius 2 is 1.88 bits per heavy atom. The smallest absolute Gasteiger partial charge is 0.0294 e. The van der Waals surface area contributed by atoms with Gasteiger partial charge in [-0.05, 0) is 31.7 Å². The van der Waals surface area contributed by atoms with Crippen LogP contribution in [-0.2, 0) is 0 Å². The lowest BCUT2D eigenvalue weighted by atomic mass is 9.81. The maximum Gasteiger partial charge on any atom is 0.0294 e. The van der Waals surface area contributed by atoms with Gasteiger partial charge in [0.05, 0.1) is 0 Å². The summed E-state index contributed by atoms with van der Waals surface area (Å²) >= 11 is 0. The fourth-order valence-corrected chi connectivity index (χ4v) is 2.56. The lowest BCUT2D eigenvalue weighted by Crippen LogP contribution is -2.32. The van der Waals surface area contributed by atoms with Crippen LogP contribution < -0.4 is 5.32 Å². The quantitative estimate of drug-likeness (QED) is 0.788. The third-order valence-electron chi connectivity index (χ3n) is 3.75. The predicted molar refractivity (Wildman–Crippen MR) is 69.4 cm³/mol. The Labute approximate surface area is 99.3 Å². The van der Waals surface area contributed by atoms with E-state index in [1.807, 2.05) is 0 Å². The molecule has 0 spiro atoms. The van der Waals surface area contributed by atoms with Crippen LogP contribution in [0.25, 0.3) is 0 Å². The first-order valence-corrected chi connectivity index (χ1v) is 6.56. The van der Waals surface area contributed by atoms with Crippen molar-refractivity contribution < 1.29 is 0 Å². The lowest BCUT2D eigenvalue weighted by Gasteiger charge is -2.30. The zero-order valence-corrected chi connectivity index (χ0v) is 10.4. The van der Waals surface area contributed by atoms with Crippen LogP contribution in [0.1, 0.15) is 51.1 Å². The second kappa shape index (κ2) is 5.49. The van der Waals surface area contributed by atoms with Crippen LogP contribution in [0.5, 0.6) is 0 Å². The Kier molecular flexibility index (Phi) is 4.00. The van der Waals surface area contributed by atoms with Crippen molar-refractivity contribution in [3.8, 4) is 0 Å². The molecule has 16 heavy (non-hydrogen) atoms. The molecule has 1 aromatic carbocycles. The van der Waals surface area contributed by atoms with E-state index in [1.54, 1.807) is 0 Å². The third kappa shape index (κ3) is 3.08. The van der Waals surface area contributed by atoms with Gasteiger partial charge in [0, 0.05) is 12.1 Å². The number of hydrogen-bond donors (Lipinski definition) is 1. The van der Waals surface area contributed by atoms with Gasteiger partial charge in [0.2, 0.25) is 0 Å². The average Bonchev–Trinajstić information content (AvgIpc) is 2.25. The Morgan fingerprint density at radius 1 is 1.19 bits per heavy atom. The molecule has 1 nitrogen and oxygen atoms in total. The minimum absolute atomic E-state index is 0.469. The molecule has 0 radical (unpaired) electrons. The van der Waals surface area contributed by atoms with Gasteiger partial charge < -0.3 is 5.32 Å².